The third-order valence-corrected chi connectivity index (χ3v) is 3.99. The van der Waals surface area contributed by atoms with Gasteiger partial charge in [0.1, 0.15) is 0 Å². The highest BCUT2D eigenvalue weighted by Gasteiger charge is 2.24. The summed E-state index contributed by atoms with van der Waals surface area (Å²) < 4.78 is 0. The highest BCUT2D eigenvalue weighted by Crippen LogP contribution is 2.20. The minimum absolute atomic E-state index is 0.0872. The van der Waals surface area contributed by atoms with Gasteiger partial charge in [-0.1, -0.05) is 6.07 Å². The Bertz CT molecular complexity index is 519. The zero-order valence-corrected chi connectivity index (χ0v) is 12.9. The smallest absolute Gasteiger partial charge is 0.227 e. The summed E-state index contributed by atoms with van der Waals surface area (Å²) in [6.45, 7) is 6.72. The molecule has 1 amide bonds. The van der Waals surface area contributed by atoms with E-state index in [1.54, 1.807) is 0 Å². The van der Waals surface area contributed by atoms with Crippen molar-refractivity contribution in [2.75, 3.05) is 25.0 Å². The second-order valence-corrected chi connectivity index (χ2v) is 5.89. The fraction of sp³-hybridized carbons (Fsp3) is 0.529. The van der Waals surface area contributed by atoms with Gasteiger partial charge in [0.2, 0.25) is 5.91 Å². The molecule has 1 heterocycles. The SMILES string of the molecule is Cc1cc(C)cc(NC(=O)C2CCN(CCC#N)CC2)c1. The third kappa shape index (κ3) is 4.57. The van der Waals surface area contributed by atoms with Crippen molar-refractivity contribution in [1.29, 1.82) is 5.26 Å². The molecule has 2 rings (SSSR count). The number of carbonyl (C=O) groups excluding carboxylic acids is 1. The van der Waals surface area contributed by atoms with Crippen LogP contribution < -0.4 is 5.32 Å². The lowest BCUT2D eigenvalue weighted by molar-refractivity contribution is -0.121. The lowest BCUT2D eigenvalue weighted by Crippen LogP contribution is -2.38. The second kappa shape index (κ2) is 7.24. The van der Waals surface area contributed by atoms with Crippen molar-refractivity contribution in [3.63, 3.8) is 0 Å². The average Bonchev–Trinajstić information content (AvgIpc) is 2.44. The first-order valence-corrected chi connectivity index (χ1v) is 7.57. The fourth-order valence-electron chi connectivity index (χ4n) is 2.92. The van der Waals surface area contributed by atoms with E-state index in [0.717, 1.165) is 49.3 Å². The molecule has 0 aliphatic carbocycles. The second-order valence-electron chi connectivity index (χ2n) is 5.89. The molecule has 4 nitrogen and oxygen atoms in total. The van der Waals surface area contributed by atoms with E-state index in [9.17, 15) is 4.79 Å². The zero-order valence-electron chi connectivity index (χ0n) is 12.9. The van der Waals surface area contributed by atoms with Gasteiger partial charge in [0.15, 0.2) is 0 Å². The van der Waals surface area contributed by atoms with Crippen molar-refractivity contribution in [3.05, 3.63) is 29.3 Å². The molecule has 4 heteroatoms. The van der Waals surface area contributed by atoms with Gasteiger partial charge in [-0.3, -0.25) is 4.79 Å². The van der Waals surface area contributed by atoms with Crippen molar-refractivity contribution < 1.29 is 4.79 Å². The Morgan fingerprint density at radius 3 is 2.48 bits per heavy atom. The van der Waals surface area contributed by atoms with Gasteiger partial charge in [-0.2, -0.15) is 5.26 Å². The lowest BCUT2D eigenvalue weighted by atomic mass is 9.95. The first kappa shape index (κ1) is 15.5. The van der Waals surface area contributed by atoms with Crippen LogP contribution in [0.2, 0.25) is 0 Å². The van der Waals surface area contributed by atoms with Crippen LogP contribution in [0.4, 0.5) is 5.69 Å². The largest absolute Gasteiger partial charge is 0.326 e. The van der Waals surface area contributed by atoms with Gasteiger partial charge < -0.3 is 10.2 Å². The Kier molecular flexibility index (Phi) is 5.35. The number of benzene rings is 1. The third-order valence-electron chi connectivity index (χ3n) is 3.99. The summed E-state index contributed by atoms with van der Waals surface area (Å²) in [5, 5.41) is 11.6. The molecule has 1 aromatic carbocycles. The lowest BCUT2D eigenvalue weighted by Gasteiger charge is -2.30. The molecule has 0 spiro atoms. The Morgan fingerprint density at radius 2 is 1.90 bits per heavy atom. The van der Waals surface area contributed by atoms with Crippen molar-refractivity contribution in [2.45, 2.75) is 33.1 Å². The fourth-order valence-corrected chi connectivity index (χ4v) is 2.92. The zero-order chi connectivity index (χ0) is 15.2. The molecule has 21 heavy (non-hydrogen) atoms. The minimum Gasteiger partial charge on any atom is -0.326 e. The van der Waals surface area contributed by atoms with Gasteiger partial charge in [-0.05, 0) is 63.0 Å². The molecule has 0 radical (unpaired) electrons. The Labute approximate surface area is 126 Å². The molecule has 112 valence electrons. The van der Waals surface area contributed by atoms with Gasteiger partial charge in [-0.25, -0.2) is 0 Å². The van der Waals surface area contributed by atoms with Crippen molar-refractivity contribution in [3.8, 4) is 6.07 Å². The molecule has 1 aliphatic heterocycles. The van der Waals surface area contributed by atoms with E-state index in [2.05, 4.69) is 22.4 Å². The van der Waals surface area contributed by atoms with Crippen LogP contribution in [0.5, 0.6) is 0 Å². The predicted octanol–water partition coefficient (Wildman–Crippen LogP) is 2.87. The summed E-state index contributed by atoms with van der Waals surface area (Å²) in [5.41, 5.74) is 3.22. The molecule has 1 fully saturated rings. The Hall–Kier alpha value is -1.86. The molecule has 1 aliphatic rings. The van der Waals surface area contributed by atoms with Crippen LogP contribution in [-0.2, 0) is 4.79 Å². The monoisotopic (exact) mass is 285 g/mol. The average molecular weight is 285 g/mol. The summed E-state index contributed by atoms with van der Waals surface area (Å²) in [5.74, 6) is 0.212. The van der Waals surface area contributed by atoms with E-state index < -0.39 is 0 Å². The maximum absolute atomic E-state index is 12.3. The van der Waals surface area contributed by atoms with E-state index in [4.69, 9.17) is 5.26 Å². The molecule has 0 unspecified atom stereocenters. The van der Waals surface area contributed by atoms with Crippen molar-refractivity contribution in [1.82, 2.24) is 4.90 Å². The summed E-state index contributed by atoms with van der Waals surface area (Å²) in [7, 11) is 0. The highest BCUT2D eigenvalue weighted by atomic mass is 16.1. The van der Waals surface area contributed by atoms with Crippen molar-refractivity contribution >= 4 is 11.6 Å². The molecule has 1 saturated heterocycles. The number of hydrogen-bond acceptors (Lipinski definition) is 3. The molecule has 0 bridgehead atoms. The van der Waals surface area contributed by atoms with Crippen LogP contribution in [0.1, 0.15) is 30.4 Å². The minimum atomic E-state index is 0.0872. The van der Waals surface area contributed by atoms with Crippen LogP contribution in [-0.4, -0.2) is 30.4 Å². The number of rotatable bonds is 4. The molecule has 1 N–H and O–H groups in total. The van der Waals surface area contributed by atoms with Crippen molar-refractivity contribution in [2.24, 2.45) is 5.92 Å². The van der Waals surface area contributed by atoms with E-state index in [0.29, 0.717) is 6.42 Å². The van der Waals surface area contributed by atoms with Gasteiger partial charge in [-0.15, -0.1) is 0 Å². The van der Waals surface area contributed by atoms with Gasteiger partial charge in [0.05, 0.1) is 6.07 Å². The molecule has 0 atom stereocenters. The first-order chi connectivity index (χ1) is 10.1. The molecule has 1 aromatic rings. The number of likely N-dealkylation sites (tertiary alicyclic amines) is 1. The number of hydrogen-bond donors (Lipinski definition) is 1. The van der Waals surface area contributed by atoms with Crippen LogP contribution in [0.3, 0.4) is 0 Å². The summed E-state index contributed by atoms with van der Waals surface area (Å²) in [6.07, 6.45) is 2.32. The predicted molar refractivity (Wildman–Crippen MR) is 83.9 cm³/mol. The number of carbonyl (C=O) groups is 1. The molecular formula is C17H23N3O. The van der Waals surface area contributed by atoms with Crippen LogP contribution in [0.15, 0.2) is 18.2 Å². The number of aryl methyl sites for hydroxylation is 2. The summed E-state index contributed by atoms with van der Waals surface area (Å²) in [4.78, 5) is 14.6. The Balaban J connectivity index is 1.86. The van der Waals surface area contributed by atoms with E-state index in [-0.39, 0.29) is 11.8 Å². The van der Waals surface area contributed by atoms with E-state index >= 15 is 0 Å². The standard InChI is InChI=1S/C17H23N3O/c1-13-10-14(2)12-16(11-13)19-17(21)15-4-8-20(9-5-15)7-3-6-18/h10-12,15H,3-5,7-9H2,1-2H3,(H,19,21). The first-order valence-electron chi connectivity index (χ1n) is 7.57. The van der Waals surface area contributed by atoms with Gasteiger partial charge in [0, 0.05) is 24.6 Å². The molecule has 0 saturated carbocycles. The Morgan fingerprint density at radius 1 is 1.29 bits per heavy atom. The quantitative estimate of drug-likeness (QED) is 0.925. The topological polar surface area (TPSA) is 56.1 Å². The van der Waals surface area contributed by atoms with E-state index in [1.807, 2.05) is 26.0 Å². The normalized spacial score (nSPS) is 16.4. The number of nitriles is 1. The van der Waals surface area contributed by atoms with E-state index in [1.165, 1.54) is 0 Å². The molecular weight excluding hydrogens is 262 g/mol. The van der Waals surface area contributed by atoms with Crippen LogP contribution in [0.25, 0.3) is 0 Å². The van der Waals surface area contributed by atoms with Gasteiger partial charge in [0.25, 0.3) is 0 Å². The number of anilines is 1. The summed E-state index contributed by atoms with van der Waals surface area (Å²) in [6, 6.07) is 8.29. The summed E-state index contributed by atoms with van der Waals surface area (Å²) >= 11 is 0. The maximum Gasteiger partial charge on any atom is 0.227 e. The number of piperidine rings is 1. The molecule has 0 aromatic heterocycles. The highest BCUT2D eigenvalue weighted by molar-refractivity contribution is 5.92. The number of amides is 1. The van der Waals surface area contributed by atoms with Crippen LogP contribution in [0, 0.1) is 31.1 Å². The van der Waals surface area contributed by atoms with Crippen LogP contribution >= 0.6 is 0 Å². The number of nitrogens with zero attached hydrogens (tertiary/aromatic N) is 2. The van der Waals surface area contributed by atoms with Gasteiger partial charge >= 0.3 is 0 Å². The maximum atomic E-state index is 12.3. The number of nitrogens with one attached hydrogen (secondary N) is 1.